The van der Waals surface area contributed by atoms with Crippen LogP contribution < -0.4 is 4.74 Å². The summed E-state index contributed by atoms with van der Waals surface area (Å²) in [7, 11) is 1.60. The van der Waals surface area contributed by atoms with Crippen molar-refractivity contribution in [3.63, 3.8) is 0 Å². The standard InChI is InChI=1S/C12H10O4S/c1-15-8-2-4-9(5-3-8)17-11-7-6-10(16-11)12(13)14/h2-7H,1H3,(H,13,14). The molecule has 0 amide bonds. The summed E-state index contributed by atoms with van der Waals surface area (Å²) >= 11 is 1.36. The van der Waals surface area contributed by atoms with Crippen LogP contribution in [0.1, 0.15) is 10.6 Å². The van der Waals surface area contributed by atoms with Crippen LogP contribution in [0.3, 0.4) is 0 Å². The predicted octanol–water partition coefficient (Wildman–Crippen LogP) is 3.14. The summed E-state index contributed by atoms with van der Waals surface area (Å²) in [5.41, 5.74) is 0. The zero-order valence-electron chi connectivity index (χ0n) is 9.04. The van der Waals surface area contributed by atoms with Crippen molar-refractivity contribution in [2.45, 2.75) is 9.99 Å². The Morgan fingerprint density at radius 2 is 1.94 bits per heavy atom. The number of benzene rings is 1. The smallest absolute Gasteiger partial charge is 0.371 e. The molecule has 0 atom stereocenters. The highest BCUT2D eigenvalue weighted by molar-refractivity contribution is 7.99. The van der Waals surface area contributed by atoms with E-state index in [0.29, 0.717) is 5.09 Å². The SMILES string of the molecule is COc1ccc(Sc2ccc(C(=O)O)o2)cc1. The third kappa shape index (κ3) is 2.82. The van der Waals surface area contributed by atoms with Crippen LogP contribution >= 0.6 is 11.8 Å². The van der Waals surface area contributed by atoms with Crippen molar-refractivity contribution < 1.29 is 19.1 Å². The van der Waals surface area contributed by atoms with E-state index in [-0.39, 0.29) is 5.76 Å². The van der Waals surface area contributed by atoms with E-state index in [0.717, 1.165) is 10.6 Å². The number of hydrogen-bond donors (Lipinski definition) is 1. The maximum Gasteiger partial charge on any atom is 0.371 e. The van der Waals surface area contributed by atoms with Crippen LogP contribution in [-0.2, 0) is 0 Å². The molecule has 0 fully saturated rings. The Morgan fingerprint density at radius 3 is 2.47 bits per heavy atom. The molecule has 0 saturated carbocycles. The van der Waals surface area contributed by atoms with Crippen LogP contribution in [0.15, 0.2) is 50.8 Å². The van der Waals surface area contributed by atoms with E-state index in [1.54, 1.807) is 13.2 Å². The van der Waals surface area contributed by atoms with Gasteiger partial charge in [0.1, 0.15) is 5.75 Å². The maximum absolute atomic E-state index is 10.6. The van der Waals surface area contributed by atoms with Gasteiger partial charge in [-0.05, 0) is 36.4 Å². The molecule has 1 aromatic carbocycles. The van der Waals surface area contributed by atoms with Crippen LogP contribution in [0.25, 0.3) is 0 Å². The van der Waals surface area contributed by atoms with Crippen molar-refractivity contribution in [1.82, 2.24) is 0 Å². The summed E-state index contributed by atoms with van der Waals surface area (Å²) < 4.78 is 10.2. The van der Waals surface area contributed by atoms with E-state index in [1.807, 2.05) is 24.3 Å². The van der Waals surface area contributed by atoms with E-state index in [1.165, 1.54) is 17.8 Å². The van der Waals surface area contributed by atoms with Gasteiger partial charge in [0, 0.05) is 4.90 Å². The monoisotopic (exact) mass is 250 g/mol. The van der Waals surface area contributed by atoms with Gasteiger partial charge in [-0.25, -0.2) is 4.79 Å². The topological polar surface area (TPSA) is 59.7 Å². The van der Waals surface area contributed by atoms with E-state index in [2.05, 4.69) is 0 Å². The van der Waals surface area contributed by atoms with Gasteiger partial charge in [-0.3, -0.25) is 0 Å². The maximum atomic E-state index is 10.6. The fraction of sp³-hybridized carbons (Fsp3) is 0.0833. The highest BCUT2D eigenvalue weighted by atomic mass is 32.2. The summed E-state index contributed by atoms with van der Waals surface area (Å²) in [6.45, 7) is 0. The summed E-state index contributed by atoms with van der Waals surface area (Å²) in [5, 5.41) is 9.26. The number of methoxy groups -OCH3 is 1. The zero-order chi connectivity index (χ0) is 12.3. The van der Waals surface area contributed by atoms with Crippen LogP contribution in [-0.4, -0.2) is 18.2 Å². The minimum absolute atomic E-state index is 0.0546. The quantitative estimate of drug-likeness (QED) is 0.903. The minimum atomic E-state index is -1.06. The van der Waals surface area contributed by atoms with Crippen LogP contribution in [0.5, 0.6) is 5.75 Å². The van der Waals surface area contributed by atoms with Crippen LogP contribution in [0.4, 0.5) is 0 Å². The van der Waals surface area contributed by atoms with E-state index in [9.17, 15) is 4.79 Å². The normalized spacial score (nSPS) is 10.2. The molecule has 2 aromatic rings. The average molecular weight is 250 g/mol. The Balaban J connectivity index is 2.11. The molecular formula is C12H10O4S. The molecule has 1 aromatic heterocycles. The number of furan rings is 1. The Morgan fingerprint density at radius 1 is 1.24 bits per heavy atom. The summed E-state index contributed by atoms with van der Waals surface area (Å²) in [6, 6.07) is 10.5. The highest BCUT2D eigenvalue weighted by Gasteiger charge is 2.09. The molecule has 1 heterocycles. The van der Waals surface area contributed by atoms with Crippen LogP contribution in [0, 0.1) is 0 Å². The van der Waals surface area contributed by atoms with E-state index < -0.39 is 5.97 Å². The zero-order valence-corrected chi connectivity index (χ0v) is 9.86. The first-order valence-corrected chi connectivity index (χ1v) is 5.66. The van der Waals surface area contributed by atoms with Gasteiger partial charge in [0.2, 0.25) is 5.76 Å². The van der Waals surface area contributed by atoms with Crippen molar-refractivity contribution in [2.24, 2.45) is 0 Å². The first-order chi connectivity index (χ1) is 8.19. The molecule has 0 spiro atoms. The first kappa shape index (κ1) is 11.6. The minimum Gasteiger partial charge on any atom is -0.497 e. The molecular weight excluding hydrogens is 240 g/mol. The third-order valence-electron chi connectivity index (χ3n) is 2.07. The van der Waals surface area contributed by atoms with Gasteiger partial charge >= 0.3 is 5.97 Å². The van der Waals surface area contributed by atoms with Gasteiger partial charge in [0.05, 0.1) is 7.11 Å². The second-order valence-electron chi connectivity index (χ2n) is 3.20. The van der Waals surface area contributed by atoms with E-state index in [4.69, 9.17) is 14.3 Å². The Hall–Kier alpha value is -1.88. The average Bonchev–Trinajstić information content (AvgIpc) is 2.79. The Labute approximate surface area is 102 Å². The van der Waals surface area contributed by atoms with Gasteiger partial charge in [-0.15, -0.1) is 0 Å². The summed E-state index contributed by atoms with van der Waals surface area (Å²) in [4.78, 5) is 11.6. The molecule has 0 aliphatic rings. The number of carboxylic acid groups (broad SMARTS) is 1. The molecule has 88 valence electrons. The molecule has 0 radical (unpaired) electrons. The molecule has 0 unspecified atom stereocenters. The summed E-state index contributed by atoms with van der Waals surface area (Å²) in [5.74, 6) is -0.340. The lowest BCUT2D eigenvalue weighted by molar-refractivity contribution is 0.0656. The van der Waals surface area contributed by atoms with Crippen molar-refractivity contribution in [3.8, 4) is 5.75 Å². The fourth-order valence-electron chi connectivity index (χ4n) is 1.25. The molecule has 0 aliphatic heterocycles. The third-order valence-corrected chi connectivity index (χ3v) is 3.00. The fourth-order valence-corrected chi connectivity index (χ4v) is 2.02. The molecule has 0 aliphatic carbocycles. The lowest BCUT2D eigenvalue weighted by atomic mass is 10.3. The predicted molar refractivity (Wildman–Crippen MR) is 62.8 cm³/mol. The van der Waals surface area contributed by atoms with Crippen LogP contribution in [0.2, 0.25) is 0 Å². The van der Waals surface area contributed by atoms with E-state index >= 15 is 0 Å². The largest absolute Gasteiger partial charge is 0.497 e. The number of carbonyl (C=O) groups is 1. The Kier molecular flexibility index (Phi) is 3.39. The number of carboxylic acids is 1. The number of aromatic carboxylic acids is 1. The van der Waals surface area contributed by atoms with Gasteiger partial charge in [0.25, 0.3) is 0 Å². The van der Waals surface area contributed by atoms with Gasteiger partial charge in [0.15, 0.2) is 5.09 Å². The van der Waals surface area contributed by atoms with Gasteiger partial charge < -0.3 is 14.3 Å². The number of ether oxygens (including phenoxy) is 1. The van der Waals surface area contributed by atoms with Gasteiger partial charge in [-0.2, -0.15) is 0 Å². The van der Waals surface area contributed by atoms with Crippen molar-refractivity contribution in [2.75, 3.05) is 7.11 Å². The lowest BCUT2D eigenvalue weighted by Gasteiger charge is -2.00. The first-order valence-electron chi connectivity index (χ1n) is 4.84. The van der Waals surface area contributed by atoms with Crippen molar-refractivity contribution in [1.29, 1.82) is 0 Å². The van der Waals surface area contributed by atoms with Crippen molar-refractivity contribution in [3.05, 3.63) is 42.2 Å². The summed E-state index contributed by atoms with van der Waals surface area (Å²) in [6.07, 6.45) is 0. The number of rotatable bonds is 4. The highest BCUT2D eigenvalue weighted by Crippen LogP contribution is 2.30. The molecule has 17 heavy (non-hydrogen) atoms. The lowest BCUT2D eigenvalue weighted by Crippen LogP contribution is -1.91. The molecule has 5 heteroatoms. The molecule has 1 N–H and O–H groups in total. The molecule has 4 nitrogen and oxygen atoms in total. The molecule has 0 bridgehead atoms. The molecule has 0 saturated heterocycles. The van der Waals surface area contributed by atoms with Gasteiger partial charge in [-0.1, -0.05) is 11.8 Å². The Bertz CT molecular complexity index is 516. The van der Waals surface area contributed by atoms with Crippen molar-refractivity contribution >= 4 is 17.7 Å². The number of hydrogen-bond acceptors (Lipinski definition) is 4. The second kappa shape index (κ2) is 4.97. The molecule has 2 rings (SSSR count). The second-order valence-corrected chi connectivity index (χ2v) is 4.28.